The Morgan fingerprint density at radius 1 is 1.31 bits per heavy atom. The van der Waals surface area contributed by atoms with Gasteiger partial charge in [-0.2, -0.15) is 0 Å². The molecule has 0 aliphatic rings. The minimum Gasteiger partial charge on any atom is -0.456 e. The predicted octanol–water partition coefficient (Wildman–Crippen LogP) is 3.29. The van der Waals surface area contributed by atoms with Gasteiger partial charge in [-0.3, -0.25) is 4.79 Å². The van der Waals surface area contributed by atoms with Gasteiger partial charge in [0.15, 0.2) is 5.76 Å². The fourth-order valence-corrected chi connectivity index (χ4v) is 1.80. The first-order valence-corrected chi connectivity index (χ1v) is 6.04. The smallest absolute Gasteiger partial charge is 0.287 e. The summed E-state index contributed by atoms with van der Waals surface area (Å²) < 4.78 is 5.29. The molecule has 90 valence electrons. The molecule has 0 fully saturated rings. The highest BCUT2D eigenvalue weighted by Gasteiger charge is 2.14. The molecule has 0 saturated carbocycles. The van der Waals surface area contributed by atoms with E-state index < -0.39 is 0 Å². The van der Waals surface area contributed by atoms with Crippen LogP contribution in [0.4, 0.5) is 0 Å². The zero-order chi connectivity index (χ0) is 12.0. The Labute approximate surface area is 97.2 Å². The van der Waals surface area contributed by atoms with Crippen molar-refractivity contribution < 1.29 is 9.21 Å². The Morgan fingerprint density at radius 3 is 2.38 bits per heavy atom. The average molecular weight is 223 g/mol. The predicted molar refractivity (Wildman–Crippen MR) is 64.5 cm³/mol. The van der Waals surface area contributed by atoms with Crippen molar-refractivity contribution in [2.24, 2.45) is 0 Å². The Bertz CT molecular complexity index is 324. The summed E-state index contributed by atoms with van der Waals surface area (Å²) in [5.74, 6) is 1.09. The summed E-state index contributed by atoms with van der Waals surface area (Å²) in [6, 6.07) is 3.80. The molecule has 0 unspecified atom stereocenters. The molecule has 0 spiro atoms. The van der Waals surface area contributed by atoms with Crippen molar-refractivity contribution in [1.29, 1.82) is 0 Å². The average Bonchev–Trinajstić information content (AvgIpc) is 2.65. The van der Waals surface area contributed by atoms with Gasteiger partial charge >= 0.3 is 0 Å². The minimum atomic E-state index is -0.0972. The van der Waals surface area contributed by atoms with Crippen molar-refractivity contribution in [3.8, 4) is 0 Å². The molecular formula is C13H21NO2. The Balaban J connectivity index is 2.54. The molecular weight excluding hydrogens is 202 g/mol. The zero-order valence-electron chi connectivity index (χ0n) is 10.4. The number of aryl methyl sites for hydroxylation is 1. The highest BCUT2D eigenvalue weighted by molar-refractivity contribution is 5.91. The van der Waals surface area contributed by atoms with Gasteiger partial charge < -0.3 is 9.73 Å². The van der Waals surface area contributed by atoms with Crippen LogP contribution in [0.5, 0.6) is 0 Å². The number of rotatable bonds is 6. The molecule has 0 radical (unpaired) electrons. The number of amides is 1. The van der Waals surface area contributed by atoms with E-state index in [1.165, 1.54) is 0 Å². The van der Waals surface area contributed by atoms with E-state index in [2.05, 4.69) is 19.2 Å². The minimum absolute atomic E-state index is 0.0972. The van der Waals surface area contributed by atoms with E-state index in [0.29, 0.717) is 5.76 Å². The van der Waals surface area contributed by atoms with Crippen LogP contribution in [0.2, 0.25) is 0 Å². The third kappa shape index (κ3) is 3.72. The van der Waals surface area contributed by atoms with Gasteiger partial charge in [-0.05, 0) is 31.9 Å². The monoisotopic (exact) mass is 223 g/mol. The van der Waals surface area contributed by atoms with Crippen LogP contribution < -0.4 is 5.32 Å². The van der Waals surface area contributed by atoms with Crippen molar-refractivity contribution >= 4 is 5.91 Å². The summed E-state index contributed by atoms with van der Waals surface area (Å²) in [5, 5.41) is 3.02. The van der Waals surface area contributed by atoms with Gasteiger partial charge in [-0.15, -0.1) is 0 Å². The zero-order valence-corrected chi connectivity index (χ0v) is 10.4. The summed E-state index contributed by atoms with van der Waals surface area (Å²) in [7, 11) is 0. The third-order valence-electron chi connectivity index (χ3n) is 2.57. The lowest BCUT2D eigenvalue weighted by Crippen LogP contribution is -2.34. The van der Waals surface area contributed by atoms with Crippen LogP contribution in [0.1, 0.15) is 55.8 Å². The highest BCUT2D eigenvalue weighted by atomic mass is 16.3. The van der Waals surface area contributed by atoms with Gasteiger partial charge in [-0.25, -0.2) is 0 Å². The highest BCUT2D eigenvalue weighted by Crippen LogP contribution is 2.09. The fourth-order valence-electron chi connectivity index (χ4n) is 1.80. The lowest BCUT2D eigenvalue weighted by Gasteiger charge is -2.16. The maximum atomic E-state index is 11.8. The second-order valence-electron chi connectivity index (χ2n) is 4.16. The van der Waals surface area contributed by atoms with E-state index >= 15 is 0 Å². The van der Waals surface area contributed by atoms with Crippen LogP contribution in [0, 0.1) is 6.92 Å². The molecule has 0 bridgehead atoms. The van der Waals surface area contributed by atoms with Gasteiger partial charge in [0.2, 0.25) is 0 Å². The first-order chi connectivity index (χ1) is 7.67. The summed E-state index contributed by atoms with van der Waals surface area (Å²) in [6.07, 6.45) is 4.22. The van der Waals surface area contributed by atoms with E-state index in [1.54, 1.807) is 6.07 Å². The third-order valence-corrected chi connectivity index (χ3v) is 2.57. The number of carbonyl (C=O) groups is 1. The van der Waals surface area contributed by atoms with Crippen LogP contribution in [0.3, 0.4) is 0 Å². The molecule has 1 rings (SSSR count). The van der Waals surface area contributed by atoms with Crippen LogP contribution >= 0.6 is 0 Å². The fraction of sp³-hybridized carbons (Fsp3) is 0.615. The van der Waals surface area contributed by atoms with E-state index in [4.69, 9.17) is 4.42 Å². The van der Waals surface area contributed by atoms with E-state index in [1.807, 2.05) is 13.0 Å². The molecule has 3 heteroatoms. The van der Waals surface area contributed by atoms with E-state index in [9.17, 15) is 4.79 Å². The number of carbonyl (C=O) groups excluding carboxylic acids is 1. The Morgan fingerprint density at radius 2 is 1.94 bits per heavy atom. The molecule has 3 nitrogen and oxygen atoms in total. The van der Waals surface area contributed by atoms with Crippen molar-refractivity contribution in [2.45, 2.75) is 52.5 Å². The second kappa shape index (κ2) is 6.36. The molecule has 1 aromatic rings. The van der Waals surface area contributed by atoms with Crippen molar-refractivity contribution in [2.75, 3.05) is 0 Å². The van der Waals surface area contributed by atoms with Gasteiger partial charge in [0.25, 0.3) is 5.91 Å². The van der Waals surface area contributed by atoms with Crippen LogP contribution in [0.15, 0.2) is 16.5 Å². The molecule has 0 aliphatic heterocycles. The molecule has 1 amide bonds. The standard InChI is InChI=1S/C13H21NO2/c1-4-6-11(7-5-2)14-13(15)12-9-8-10(3)16-12/h8-9,11H,4-7H2,1-3H3,(H,14,15). The maximum absolute atomic E-state index is 11.8. The second-order valence-corrected chi connectivity index (χ2v) is 4.16. The summed E-state index contributed by atoms with van der Waals surface area (Å²) in [4.78, 5) is 11.8. The number of furan rings is 1. The molecule has 0 aromatic carbocycles. The molecule has 1 N–H and O–H groups in total. The van der Waals surface area contributed by atoms with Gasteiger partial charge in [0, 0.05) is 6.04 Å². The number of nitrogens with one attached hydrogen (secondary N) is 1. The molecule has 0 aliphatic carbocycles. The summed E-state index contributed by atoms with van der Waals surface area (Å²) in [5.41, 5.74) is 0. The van der Waals surface area contributed by atoms with Gasteiger partial charge in [0.05, 0.1) is 0 Å². The number of hydrogen-bond acceptors (Lipinski definition) is 2. The topological polar surface area (TPSA) is 42.2 Å². The van der Waals surface area contributed by atoms with Crippen molar-refractivity contribution in [1.82, 2.24) is 5.32 Å². The largest absolute Gasteiger partial charge is 0.456 e. The van der Waals surface area contributed by atoms with Crippen molar-refractivity contribution in [3.05, 3.63) is 23.7 Å². The summed E-state index contributed by atoms with van der Waals surface area (Å²) >= 11 is 0. The molecule has 0 atom stereocenters. The lowest BCUT2D eigenvalue weighted by molar-refractivity contribution is 0.0903. The van der Waals surface area contributed by atoms with Crippen LogP contribution in [0.25, 0.3) is 0 Å². The van der Waals surface area contributed by atoms with Crippen LogP contribution in [-0.4, -0.2) is 11.9 Å². The molecule has 0 saturated heterocycles. The van der Waals surface area contributed by atoms with E-state index in [-0.39, 0.29) is 11.9 Å². The maximum Gasteiger partial charge on any atom is 0.287 e. The summed E-state index contributed by atoms with van der Waals surface area (Å²) in [6.45, 7) is 6.10. The molecule has 1 heterocycles. The van der Waals surface area contributed by atoms with Crippen LogP contribution in [-0.2, 0) is 0 Å². The first-order valence-electron chi connectivity index (χ1n) is 6.04. The first kappa shape index (κ1) is 12.8. The van der Waals surface area contributed by atoms with Gasteiger partial charge in [-0.1, -0.05) is 26.7 Å². The molecule has 16 heavy (non-hydrogen) atoms. The van der Waals surface area contributed by atoms with Crippen molar-refractivity contribution in [3.63, 3.8) is 0 Å². The SMILES string of the molecule is CCCC(CCC)NC(=O)c1ccc(C)o1. The van der Waals surface area contributed by atoms with E-state index in [0.717, 1.165) is 31.4 Å². The lowest BCUT2D eigenvalue weighted by atomic mass is 10.1. The Kier molecular flexibility index (Phi) is 5.09. The normalized spacial score (nSPS) is 10.8. The Hall–Kier alpha value is -1.25. The molecule has 1 aromatic heterocycles. The van der Waals surface area contributed by atoms with Gasteiger partial charge in [0.1, 0.15) is 5.76 Å². The quantitative estimate of drug-likeness (QED) is 0.804. The number of hydrogen-bond donors (Lipinski definition) is 1.